The molecule has 2 heterocycles. The first-order valence-corrected chi connectivity index (χ1v) is 8.47. The van der Waals surface area contributed by atoms with Crippen molar-refractivity contribution < 1.29 is 18.7 Å². The lowest BCUT2D eigenvalue weighted by Gasteiger charge is -2.31. The zero-order chi connectivity index (χ0) is 18.5. The summed E-state index contributed by atoms with van der Waals surface area (Å²) >= 11 is 0. The molecular formula is C19H20FN3O3. The highest BCUT2D eigenvalue weighted by Gasteiger charge is 2.22. The van der Waals surface area contributed by atoms with Gasteiger partial charge in [-0.3, -0.25) is 9.59 Å². The van der Waals surface area contributed by atoms with Crippen molar-refractivity contribution in [3.8, 4) is 11.5 Å². The molecule has 26 heavy (non-hydrogen) atoms. The third-order valence-electron chi connectivity index (χ3n) is 4.28. The Bertz CT molecular complexity index is 787. The number of benzene rings is 1. The van der Waals surface area contributed by atoms with E-state index < -0.39 is 0 Å². The van der Waals surface area contributed by atoms with Gasteiger partial charge in [0.05, 0.1) is 6.20 Å². The van der Waals surface area contributed by atoms with Crippen LogP contribution < -0.4 is 10.1 Å². The molecule has 1 N–H and O–H groups in total. The van der Waals surface area contributed by atoms with Gasteiger partial charge >= 0.3 is 0 Å². The maximum atomic E-state index is 13.2. The van der Waals surface area contributed by atoms with Gasteiger partial charge in [-0.1, -0.05) is 6.07 Å². The lowest BCUT2D eigenvalue weighted by molar-refractivity contribution is -0.129. The average Bonchev–Trinajstić information content (AvgIpc) is 2.63. The molecule has 1 aromatic carbocycles. The zero-order valence-electron chi connectivity index (χ0n) is 14.4. The molecule has 0 unspecified atom stereocenters. The number of ether oxygens (including phenoxy) is 1. The minimum Gasteiger partial charge on any atom is -0.456 e. The number of hydrogen-bond acceptors (Lipinski definition) is 4. The zero-order valence-corrected chi connectivity index (χ0v) is 14.4. The number of nitrogens with zero attached hydrogens (tertiary/aromatic N) is 2. The molecule has 0 atom stereocenters. The Kier molecular flexibility index (Phi) is 5.46. The van der Waals surface area contributed by atoms with E-state index in [1.165, 1.54) is 18.3 Å². The summed E-state index contributed by atoms with van der Waals surface area (Å²) in [5.74, 6) is 0.194. The first kappa shape index (κ1) is 17.8. The quantitative estimate of drug-likeness (QED) is 0.913. The lowest BCUT2D eigenvalue weighted by Crippen LogP contribution is -2.46. The van der Waals surface area contributed by atoms with Crippen LogP contribution in [0.3, 0.4) is 0 Å². The van der Waals surface area contributed by atoms with E-state index in [0.717, 1.165) is 12.8 Å². The first-order chi connectivity index (χ1) is 12.5. The van der Waals surface area contributed by atoms with Crippen molar-refractivity contribution in [1.82, 2.24) is 15.2 Å². The van der Waals surface area contributed by atoms with Crippen LogP contribution in [0.15, 0.2) is 42.6 Å². The molecule has 6 nitrogen and oxygen atoms in total. The summed E-state index contributed by atoms with van der Waals surface area (Å²) in [6.45, 7) is 2.85. The van der Waals surface area contributed by atoms with E-state index in [1.54, 1.807) is 36.1 Å². The minimum atomic E-state index is -0.387. The number of halogens is 1. The third kappa shape index (κ3) is 4.56. The number of nitrogens with one attached hydrogen (secondary N) is 1. The number of hydrogen-bond donors (Lipinski definition) is 1. The Morgan fingerprint density at radius 1 is 1.19 bits per heavy atom. The molecule has 1 aromatic heterocycles. The van der Waals surface area contributed by atoms with E-state index in [0.29, 0.717) is 24.6 Å². The molecule has 0 spiro atoms. The van der Waals surface area contributed by atoms with Crippen LogP contribution in [0.4, 0.5) is 4.39 Å². The van der Waals surface area contributed by atoms with Crippen molar-refractivity contribution >= 4 is 11.8 Å². The fraction of sp³-hybridized carbons (Fsp3) is 0.316. The van der Waals surface area contributed by atoms with Crippen LogP contribution in [0.2, 0.25) is 0 Å². The Morgan fingerprint density at radius 2 is 1.96 bits per heavy atom. The van der Waals surface area contributed by atoms with Crippen molar-refractivity contribution in [2.75, 3.05) is 13.1 Å². The number of rotatable bonds is 4. The largest absolute Gasteiger partial charge is 0.456 e. The normalized spacial score (nSPS) is 14.8. The van der Waals surface area contributed by atoms with Gasteiger partial charge in [-0.15, -0.1) is 0 Å². The Hall–Kier alpha value is -2.96. The van der Waals surface area contributed by atoms with E-state index in [-0.39, 0.29) is 29.4 Å². The molecule has 2 amide bonds. The van der Waals surface area contributed by atoms with Crippen LogP contribution in [0.5, 0.6) is 11.5 Å². The maximum absolute atomic E-state index is 13.2. The third-order valence-corrected chi connectivity index (χ3v) is 4.28. The van der Waals surface area contributed by atoms with Crippen molar-refractivity contribution in [1.29, 1.82) is 0 Å². The Labute approximate surface area is 151 Å². The van der Waals surface area contributed by atoms with Gasteiger partial charge in [0, 0.05) is 32.1 Å². The molecule has 3 rings (SSSR count). The van der Waals surface area contributed by atoms with Crippen LogP contribution >= 0.6 is 0 Å². The van der Waals surface area contributed by atoms with Crippen molar-refractivity contribution in [3.63, 3.8) is 0 Å². The molecule has 0 radical (unpaired) electrons. The second-order valence-electron chi connectivity index (χ2n) is 6.19. The van der Waals surface area contributed by atoms with Gasteiger partial charge in [0.15, 0.2) is 0 Å². The standard InChI is InChI=1S/C19H20FN3O3/c1-13(24)23-9-7-15(8-10-23)22-19(25)18-6-5-17(12-21-18)26-16-4-2-3-14(20)11-16/h2-6,11-12,15H,7-10H2,1H3,(H,22,25). The fourth-order valence-electron chi connectivity index (χ4n) is 2.84. The lowest BCUT2D eigenvalue weighted by atomic mass is 10.0. The smallest absolute Gasteiger partial charge is 0.270 e. The average molecular weight is 357 g/mol. The molecule has 1 aliphatic rings. The van der Waals surface area contributed by atoms with Crippen LogP contribution in [0, 0.1) is 5.82 Å². The van der Waals surface area contributed by atoms with Gasteiger partial charge in [-0.05, 0) is 37.1 Å². The van der Waals surface area contributed by atoms with Gasteiger partial charge in [-0.2, -0.15) is 0 Å². The highest BCUT2D eigenvalue weighted by molar-refractivity contribution is 5.92. The van der Waals surface area contributed by atoms with Crippen molar-refractivity contribution in [3.05, 3.63) is 54.1 Å². The van der Waals surface area contributed by atoms with Gasteiger partial charge in [0.25, 0.3) is 5.91 Å². The molecule has 1 saturated heterocycles. The Morgan fingerprint density at radius 3 is 2.58 bits per heavy atom. The highest BCUT2D eigenvalue weighted by atomic mass is 19.1. The van der Waals surface area contributed by atoms with Gasteiger partial charge < -0.3 is 15.0 Å². The van der Waals surface area contributed by atoms with Gasteiger partial charge in [0.2, 0.25) is 5.91 Å². The summed E-state index contributed by atoms with van der Waals surface area (Å²) in [5, 5.41) is 2.94. The molecule has 7 heteroatoms. The van der Waals surface area contributed by atoms with Crippen LogP contribution in [0.1, 0.15) is 30.3 Å². The van der Waals surface area contributed by atoms with E-state index in [4.69, 9.17) is 4.74 Å². The van der Waals surface area contributed by atoms with Crippen molar-refractivity contribution in [2.24, 2.45) is 0 Å². The first-order valence-electron chi connectivity index (χ1n) is 8.47. The summed E-state index contributed by atoms with van der Waals surface area (Å²) < 4.78 is 18.7. The molecule has 0 saturated carbocycles. The van der Waals surface area contributed by atoms with Crippen LogP contribution in [-0.4, -0.2) is 40.8 Å². The van der Waals surface area contributed by atoms with Gasteiger partial charge in [-0.25, -0.2) is 9.37 Å². The van der Waals surface area contributed by atoms with E-state index in [1.807, 2.05) is 0 Å². The van der Waals surface area contributed by atoms with E-state index in [2.05, 4.69) is 10.3 Å². The predicted octanol–water partition coefficient (Wildman–Crippen LogP) is 2.75. The summed E-state index contributed by atoms with van der Waals surface area (Å²) in [5.41, 5.74) is 0.283. The second kappa shape index (κ2) is 7.95. The van der Waals surface area contributed by atoms with Crippen LogP contribution in [0.25, 0.3) is 0 Å². The number of pyridine rings is 1. The maximum Gasteiger partial charge on any atom is 0.270 e. The topological polar surface area (TPSA) is 71.5 Å². The van der Waals surface area contributed by atoms with Crippen molar-refractivity contribution in [2.45, 2.75) is 25.8 Å². The van der Waals surface area contributed by atoms with Gasteiger partial charge in [0.1, 0.15) is 23.0 Å². The molecule has 1 fully saturated rings. The molecular weight excluding hydrogens is 337 g/mol. The summed E-state index contributed by atoms with van der Waals surface area (Å²) in [7, 11) is 0. The number of amides is 2. The monoisotopic (exact) mass is 357 g/mol. The summed E-state index contributed by atoms with van der Waals surface area (Å²) in [6.07, 6.45) is 2.89. The SMILES string of the molecule is CC(=O)N1CCC(NC(=O)c2ccc(Oc3cccc(F)c3)cn2)CC1. The fourth-order valence-corrected chi connectivity index (χ4v) is 2.84. The molecule has 0 aliphatic carbocycles. The highest BCUT2D eigenvalue weighted by Crippen LogP contribution is 2.21. The predicted molar refractivity (Wildman–Crippen MR) is 93.5 cm³/mol. The number of carbonyl (C=O) groups is 2. The molecule has 0 bridgehead atoms. The molecule has 136 valence electrons. The summed E-state index contributed by atoms with van der Waals surface area (Å²) in [4.78, 5) is 29.5. The summed E-state index contributed by atoms with van der Waals surface area (Å²) in [6, 6.07) is 9.00. The number of aromatic nitrogens is 1. The molecule has 1 aliphatic heterocycles. The number of likely N-dealkylation sites (tertiary alicyclic amines) is 1. The number of piperidine rings is 1. The molecule has 2 aromatic rings. The van der Waals surface area contributed by atoms with Crippen LogP contribution in [-0.2, 0) is 4.79 Å². The minimum absolute atomic E-state index is 0.0307. The second-order valence-corrected chi connectivity index (χ2v) is 6.19. The number of carbonyl (C=O) groups excluding carboxylic acids is 2. The van der Waals surface area contributed by atoms with E-state index in [9.17, 15) is 14.0 Å². The van der Waals surface area contributed by atoms with E-state index >= 15 is 0 Å². The Balaban J connectivity index is 1.55.